The van der Waals surface area contributed by atoms with Gasteiger partial charge in [0.15, 0.2) is 11.3 Å². The van der Waals surface area contributed by atoms with Gasteiger partial charge in [-0.3, -0.25) is 19.4 Å². The molecule has 0 saturated carbocycles. The maximum Gasteiger partial charge on any atom is 0.452 e. The van der Waals surface area contributed by atoms with Gasteiger partial charge in [0.1, 0.15) is 12.2 Å². The van der Waals surface area contributed by atoms with Gasteiger partial charge in [-0.1, -0.05) is 50.1 Å². The van der Waals surface area contributed by atoms with E-state index in [1.807, 2.05) is 6.92 Å². The van der Waals surface area contributed by atoms with E-state index in [-0.39, 0.29) is 6.42 Å². The number of urea groups is 1. The third-order valence-electron chi connectivity index (χ3n) is 4.81. The molecule has 2 N–H and O–H groups in total. The lowest BCUT2D eigenvalue weighted by molar-refractivity contribution is -0.319. The average molecular weight is 507 g/mol. The minimum atomic E-state index is -1.62. The highest BCUT2D eigenvalue weighted by Crippen LogP contribution is 2.25. The number of benzene rings is 1. The van der Waals surface area contributed by atoms with Gasteiger partial charge < -0.3 is 14.9 Å². The highest BCUT2D eigenvalue weighted by molar-refractivity contribution is 6.29. The van der Waals surface area contributed by atoms with Crippen LogP contribution in [-0.2, 0) is 33.7 Å². The number of hydrogen-bond donors (Lipinski definition) is 2. The summed E-state index contributed by atoms with van der Waals surface area (Å²) in [5, 5.41) is 2.51. The first-order valence-electron chi connectivity index (χ1n) is 11.1. The molecule has 1 fully saturated rings. The predicted octanol–water partition coefficient (Wildman–Crippen LogP) is 1.81. The summed E-state index contributed by atoms with van der Waals surface area (Å²) in [5.41, 5.74) is -0.585. The summed E-state index contributed by atoms with van der Waals surface area (Å²) in [6.45, 7) is 5.45. The Morgan fingerprint density at radius 2 is 1.72 bits per heavy atom. The lowest BCUT2D eigenvalue weighted by Gasteiger charge is -2.26. The molecule has 0 aromatic heterocycles. The summed E-state index contributed by atoms with van der Waals surface area (Å²) in [5.74, 6) is -4.30. The van der Waals surface area contributed by atoms with Gasteiger partial charge in [-0.2, -0.15) is 4.89 Å². The van der Waals surface area contributed by atoms with Crippen LogP contribution in [0.4, 0.5) is 9.59 Å². The Balaban J connectivity index is 1.97. The van der Waals surface area contributed by atoms with Crippen LogP contribution in [0.1, 0.15) is 57.3 Å². The molecule has 4 amide bonds. The molecular weight excluding hydrogens is 478 g/mol. The van der Waals surface area contributed by atoms with Gasteiger partial charge >= 0.3 is 24.1 Å². The number of Topliss-reactive ketones (excluding diaryl/α,β-unsaturated/α-hetero) is 1. The molecule has 1 aromatic rings. The molecule has 1 saturated heterocycles. The van der Waals surface area contributed by atoms with E-state index in [2.05, 4.69) is 19.9 Å². The quantitative estimate of drug-likeness (QED) is 0.165. The van der Waals surface area contributed by atoms with E-state index in [0.29, 0.717) is 18.4 Å². The van der Waals surface area contributed by atoms with Crippen LogP contribution in [0.2, 0.25) is 0 Å². The summed E-state index contributed by atoms with van der Waals surface area (Å²) in [4.78, 5) is 87.3. The molecule has 0 bridgehead atoms. The van der Waals surface area contributed by atoms with E-state index in [1.165, 1.54) is 0 Å². The maximum atomic E-state index is 13.1. The Morgan fingerprint density at radius 1 is 1.06 bits per heavy atom. The maximum absolute atomic E-state index is 13.1. The molecule has 13 nitrogen and oxygen atoms in total. The van der Waals surface area contributed by atoms with Crippen molar-refractivity contribution in [3.63, 3.8) is 0 Å². The summed E-state index contributed by atoms with van der Waals surface area (Å²) < 4.78 is 4.97. The molecule has 0 unspecified atom stereocenters. The first-order valence-corrected chi connectivity index (χ1v) is 11.1. The molecule has 1 heterocycles. The molecule has 0 spiro atoms. The summed E-state index contributed by atoms with van der Waals surface area (Å²) in [6, 6.07) is 7.35. The molecule has 0 radical (unpaired) electrons. The van der Waals surface area contributed by atoms with Gasteiger partial charge in [-0.25, -0.2) is 19.2 Å². The second-order valence-electron chi connectivity index (χ2n) is 8.93. The van der Waals surface area contributed by atoms with Gasteiger partial charge in [0, 0.05) is 5.56 Å². The Hall–Kier alpha value is -4.00. The third kappa shape index (κ3) is 7.77. The summed E-state index contributed by atoms with van der Waals surface area (Å²) >= 11 is 0. The molecule has 0 aliphatic carbocycles. The number of nitrogens with zero attached hydrogens (tertiary/aromatic N) is 1. The number of ether oxygens (including phenoxy) is 1. The lowest BCUT2D eigenvalue weighted by atomic mass is 9.93. The fourth-order valence-electron chi connectivity index (χ4n) is 3.04. The number of hydroxylamine groups is 1. The van der Waals surface area contributed by atoms with Crippen molar-refractivity contribution in [3.05, 3.63) is 35.9 Å². The van der Waals surface area contributed by atoms with Crippen LogP contribution < -0.4 is 10.8 Å². The second-order valence-corrected chi connectivity index (χ2v) is 8.93. The Morgan fingerprint density at radius 3 is 2.33 bits per heavy atom. The number of imide groups is 1. The van der Waals surface area contributed by atoms with Crippen molar-refractivity contribution < 1.29 is 48.1 Å². The van der Waals surface area contributed by atoms with Crippen LogP contribution in [0.3, 0.4) is 0 Å². The van der Waals surface area contributed by atoms with E-state index < -0.39 is 60.0 Å². The first-order chi connectivity index (χ1) is 16.9. The monoisotopic (exact) mass is 507 g/mol. The van der Waals surface area contributed by atoms with Gasteiger partial charge in [0.25, 0.3) is 5.91 Å². The van der Waals surface area contributed by atoms with Gasteiger partial charge in [-0.05, 0) is 27.2 Å². The van der Waals surface area contributed by atoms with E-state index in [1.54, 1.807) is 56.6 Å². The summed E-state index contributed by atoms with van der Waals surface area (Å²) in [6.07, 6.45) is -0.0412. The molecule has 1 aromatic carbocycles. The average Bonchev–Trinajstić information content (AvgIpc) is 3.07. The van der Waals surface area contributed by atoms with Crippen LogP contribution in [0.5, 0.6) is 0 Å². The van der Waals surface area contributed by atoms with Gasteiger partial charge in [0.2, 0.25) is 0 Å². The topological polar surface area (TPSA) is 167 Å². The molecule has 2 rings (SSSR count). The Labute approximate surface area is 207 Å². The third-order valence-corrected chi connectivity index (χ3v) is 4.81. The number of nitrogens with one attached hydrogen (secondary N) is 2. The van der Waals surface area contributed by atoms with Crippen LogP contribution >= 0.6 is 0 Å². The van der Waals surface area contributed by atoms with Crippen molar-refractivity contribution in [2.24, 2.45) is 0 Å². The first kappa shape index (κ1) is 28.2. The fraction of sp³-hybridized carbons (Fsp3) is 0.478. The fourth-order valence-corrected chi connectivity index (χ4v) is 3.04. The SMILES string of the molecule is CCCC[C@@]1(COC(=O)NOC(=O)C(=O)OOC(C)(C)C)NC(=O)N(CC(=O)c2ccccc2)C1=O. The lowest BCUT2D eigenvalue weighted by Crippen LogP contribution is -2.52. The van der Waals surface area contributed by atoms with Crippen molar-refractivity contribution in [2.75, 3.05) is 13.2 Å². The Kier molecular flexibility index (Phi) is 9.50. The van der Waals surface area contributed by atoms with Crippen LogP contribution in [0.15, 0.2) is 30.3 Å². The van der Waals surface area contributed by atoms with E-state index in [0.717, 1.165) is 4.90 Å². The van der Waals surface area contributed by atoms with Crippen LogP contribution in [0.25, 0.3) is 0 Å². The molecule has 1 atom stereocenters. The number of hydrogen-bond acceptors (Lipinski definition) is 10. The van der Waals surface area contributed by atoms with Crippen molar-refractivity contribution >= 4 is 35.8 Å². The minimum Gasteiger partial charge on any atom is -0.444 e. The largest absolute Gasteiger partial charge is 0.452 e. The van der Waals surface area contributed by atoms with Gasteiger partial charge in [-0.15, -0.1) is 5.48 Å². The second kappa shape index (κ2) is 12.1. The predicted molar refractivity (Wildman–Crippen MR) is 121 cm³/mol. The van der Waals surface area contributed by atoms with Gasteiger partial charge in [0.05, 0.1) is 6.54 Å². The van der Waals surface area contributed by atoms with E-state index in [4.69, 9.17) is 4.74 Å². The van der Waals surface area contributed by atoms with Crippen LogP contribution in [0, 0.1) is 0 Å². The highest BCUT2D eigenvalue weighted by Gasteiger charge is 2.52. The minimum absolute atomic E-state index is 0.119. The standard InChI is InChI=1S/C23H29N3O10/c1-5-6-12-23(14-33-21(32)25-34-17(28)18(29)35-36-22(2,3)4)19(30)26(20(31)24-23)13-16(27)15-10-8-7-9-11-15/h7-11H,5-6,12-14H2,1-4H3,(H,24,31)(H,25,32)/t23-/m0/s1. The highest BCUT2D eigenvalue weighted by atomic mass is 17.2. The number of amides is 4. The molecule has 13 heteroatoms. The zero-order valence-electron chi connectivity index (χ0n) is 20.5. The smallest absolute Gasteiger partial charge is 0.444 e. The molecule has 36 heavy (non-hydrogen) atoms. The number of carbonyl (C=O) groups is 6. The number of ketones is 1. The molecule has 1 aliphatic rings. The zero-order chi connectivity index (χ0) is 26.9. The van der Waals surface area contributed by atoms with Crippen molar-refractivity contribution in [1.29, 1.82) is 0 Å². The van der Waals surface area contributed by atoms with E-state index >= 15 is 0 Å². The number of unbranched alkanes of at least 4 members (excludes halogenated alkanes) is 1. The number of rotatable bonds is 9. The molecular formula is C23H29N3O10. The van der Waals surface area contributed by atoms with Crippen molar-refractivity contribution in [3.8, 4) is 0 Å². The molecule has 196 valence electrons. The van der Waals surface area contributed by atoms with E-state index in [9.17, 15) is 28.8 Å². The number of carbonyl (C=O) groups excluding carboxylic acids is 6. The normalized spacial score (nSPS) is 17.3. The zero-order valence-corrected chi connectivity index (χ0v) is 20.5. The van der Waals surface area contributed by atoms with Crippen molar-refractivity contribution in [1.82, 2.24) is 15.7 Å². The Bertz CT molecular complexity index is 1010. The summed E-state index contributed by atoms with van der Waals surface area (Å²) in [7, 11) is 0. The van der Waals surface area contributed by atoms with Crippen molar-refractivity contribution in [2.45, 2.75) is 58.1 Å². The van der Waals surface area contributed by atoms with Crippen LogP contribution in [-0.4, -0.2) is 64.9 Å². The molecule has 1 aliphatic heterocycles.